The molecule has 3 heterocycles. The minimum absolute atomic E-state index is 0.768. The number of nitrogens with zero attached hydrogens (tertiary/aromatic N) is 2. The third-order valence-corrected chi connectivity index (χ3v) is 4.80. The fourth-order valence-electron chi connectivity index (χ4n) is 2.72. The number of fused-ring (bicyclic) bond motifs is 2. The van der Waals surface area contributed by atoms with E-state index in [0.717, 1.165) is 17.3 Å². The van der Waals surface area contributed by atoms with Gasteiger partial charge in [-0.05, 0) is 25.7 Å². The van der Waals surface area contributed by atoms with Crippen LogP contribution in [-0.4, -0.2) is 26.9 Å². The molecule has 0 aromatic carbocycles. The lowest BCUT2D eigenvalue weighted by molar-refractivity contribution is 0.414. The highest BCUT2D eigenvalue weighted by atomic mass is 32.2. The summed E-state index contributed by atoms with van der Waals surface area (Å²) in [6.07, 6.45) is 9.29. The first kappa shape index (κ1) is 9.73. The van der Waals surface area contributed by atoms with Crippen molar-refractivity contribution in [1.29, 1.82) is 0 Å². The summed E-state index contributed by atoms with van der Waals surface area (Å²) in [6, 6.07) is 1.56. The van der Waals surface area contributed by atoms with Gasteiger partial charge in [0.25, 0.3) is 0 Å². The van der Waals surface area contributed by atoms with E-state index in [2.05, 4.69) is 21.9 Å². The summed E-state index contributed by atoms with van der Waals surface area (Å²) in [5.41, 5.74) is 0. The minimum atomic E-state index is 0.768. The number of rotatable bonds is 2. The van der Waals surface area contributed by atoms with Crippen molar-refractivity contribution in [2.75, 3.05) is 0 Å². The Morgan fingerprint density at radius 1 is 1.40 bits per heavy atom. The zero-order chi connectivity index (χ0) is 10.3. The third kappa shape index (κ3) is 1.93. The lowest BCUT2D eigenvalue weighted by Crippen LogP contribution is -2.39. The van der Waals surface area contributed by atoms with E-state index in [1.54, 1.807) is 0 Å². The first-order valence-corrected chi connectivity index (χ1v) is 6.59. The van der Waals surface area contributed by atoms with Gasteiger partial charge in [-0.25, -0.2) is 4.98 Å². The number of thioether (sulfide) groups is 1. The largest absolute Gasteiger partial charge is 0.329 e. The molecule has 4 heteroatoms. The lowest BCUT2D eigenvalue weighted by Gasteiger charge is -2.28. The van der Waals surface area contributed by atoms with Gasteiger partial charge in [0.15, 0.2) is 5.16 Å². The zero-order valence-corrected chi connectivity index (χ0v) is 9.83. The van der Waals surface area contributed by atoms with E-state index in [1.807, 2.05) is 24.2 Å². The Morgan fingerprint density at radius 2 is 2.13 bits per heavy atom. The quantitative estimate of drug-likeness (QED) is 0.829. The molecule has 0 saturated carbocycles. The molecule has 1 unspecified atom stereocenters. The fraction of sp³-hybridized carbons (Fsp3) is 0.727. The Kier molecular flexibility index (Phi) is 2.48. The number of hydrogen-bond acceptors (Lipinski definition) is 3. The van der Waals surface area contributed by atoms with Crippen molar-refractivity contribution >= 4 is 11.8 Å². The highest BCUT2D eigenvalue weighted by molar-refractivity contribution is 7.99. The SMILES string of the molecule is Cn1ccnc1SC1C[C@H]2CC[C@@H](C1)N2. The molecular formula is C11H17N3S. The molecule has 2 bridgehead atoms. The van der Waals surface area contributed by atoms with Gasteiger partial charge in [0.1, 0.15) is 0 Å². The van der Waals surface area contributed by atoms with E-state index in [1.165, 1.54) is 30.8 Å². The molecule has 3 nitrogen and oxygen atoms in total. The molecule has 2 aliphatic heterocycles. The normalized spacial score (nSPS) is 34.6. The molecule has 15 heavy (non-hydrogen) atoms. The van der Waals surface area contributed by atoms with Crippen molar-refractivity contribution in [3.05, 3.63) is 12.4 Å². The van der Waals surface area contributed by atoms with Gasteiger partial charge in [0.05, 0.1) is 0 Å². The monoisotopic (exact) mass is 223 g/mol. The van der Waals surface area contributed by atoms with E-state index in [-0.39, 0.29) is 0 Å². The Balaban J connectivity index is 1.67. The van der Waals surface area contributed by atoms with Crippen LogP contribution in [0, 0.1) is 0 Å². The molecule has 2 saturated heterocycles. The van der Waals surface area contributed by atoms with Gasteiger partial charge in [0.2, 0.25) is 0 Å². The second-order valence-corrected chi connectivity index (χ2v) is 5.94. The smallest absolute Gasteiger partial charge is 0.167 e. The predicted octanol–water partition coefficient (Wildman–Crippen LogP) is 1.80. The zero-order valence-electron chi connectivity index (χ0n) is 9.02. The van der Waals surface area contributed by atoms with Gasteiger partial charge in [0, 0.05) is 36.8 Å². The molecule has 1 N–H and O–H groups in total. The average Bonchev–Trinajstić information content (AvgIpc) is 2.75. The molecular weight excluding hydrogens is 206 g/mol. The van der Waals surface area contributed by atoms with Gasteiger partial charge in [-0.1, -0.05) is 11.8 Å². The molecule has 2 aliphatic rings. The van der Waals surface area contributed by atoms with Gasteiger partial charge in [-0.2, -0.15) is 0 Å². The van der Waals surface area contributed by atoms with Crippen molar-refractivity contribution in [1.82, 2.24) is 14.9 Å². The number of aromatic nitrogens is 2. The van der Waals surface area contributed by atoms with E-state index in [9.17, 15) is 0 Å². The van der Waals surface area contributed by atoms with Crippen LogP contribution in [0.3, 0.4) is 0 Å². The summed E-state index contributed by atoms with van der Waals surface area (Å²) >= 11 is 1.96. The molecule has 82 valence electrons. The summed E-state index contributed by atoms with van der Waals surface area (Å²) in [5.74, 6) is 0. The summed E-state index contributed by atoms with van der Waals surface area (Å²) < 4.78 is 2.12. The highest BCUT2D eigenvalue weighted by Crippen LogP contribution is 2.36. The van der Waals surface area contributed by atoms with Gasteiger partial charge >= 0.3 is 0 Å². The standard InChI is InChI=1S/C11H17N3S/c1-14-5-4-12-11(14)15-10-6-8-2-3-9(7-10)13-8/h4-5,8-10,13H,2-3,6-7H2,1H3/t8-,9+,10?. The van der Waals surface area contributed by atoms with E-state index >= 15 is 0 Å². The van der Waals surface area contributed by atoms with Crippen LogP contribution >= 0.6 is 11.8 Å². The van der Waals surface area contributed by atoms with Crippen molar-refractivity contribution in [3.8, 4) is 0 Å². The second-order valence-electron chi connectivity index (χ2n) is 4.67. The molecule has 1 aromatic rings. The Labute approximate surface area is 94.7 Å². The fourth-order valence-corrected chi connectivity index (χ4v) is 4.02. The van der Waals surface area contributed by atoms with Crippen molar-refractivity contribution in [2.24, 2.45) is 7.05 Å². The molecule has 2 fully saturated rings. The van der Waals surface area contributed by atoms with Crippen LogP contribution in [0.5, 0.6) is 0 Å². The van der Waals surface area contributed by atoms with E-state index in [0.29, 0.717) is 0 Å². The van der Waals surface area contributed by atoms with Gasteiger partial charge in [-0.3, -0.25) is 0 Å². The summed E-state index contributed by atoms with van der Waals surface area (Å²) in [4.78, 5) is 4.39. The number of aryl methyl sites for hydroxylation is 1. The first-order valence-electron chi connectivity index (χ1n) is 5.71. The Bertz CT molecular complexity index is 337. The first-order chi connectivity index (χ1) is 7.31. The van der Waals surface area contributed by atoms with Crippen LogP contribution in [0.4, 0.5) is 0 Å². The molecule has 1 aromatic heterocycles. The van der Waals surface area contributed by atoms with Crippen LogP contribution in [0.1, 0.15) is 25.7 Å². The summed E-state index contributed by atoms with van der Waals surface area (Å²) in [7, 11) is 2.07. The summed E-state index contributed by atoms with van der Waals surface area (Å²) in [5, 5.41) is 5.61. The lowest BCUT2D eigenvalue weighted by atomic mass is 10.1. The topological polar surface area (TPSA) is 29.9 Å². The van der Waals surface area contributed by atoms with Gasteiger partial charge < -0.3 is 9.88 Å². The predicted molar refractivity (Wildman–Crippen MR) is 62.0 cm³/mol. The Hall–Kier alpha value is -0.480. The van der Waals surface area contributed by atoms with Crippen molar-refractivity contribution in [2.45, 2.75) is 48.2 Å². The molecule has 0 radical (unpaired) electrons. The maximum absolute atomic E-state index is 4.39. The number of imidazole rings is 1. The molecule has 3 atom stereocenters. The minimum Gasteiger partial charge on any atom is -0.329 e. The van der Waals surface area contributed by atoms with Crippen LogP contribution in [0.15, 0.2) is 17.6 Å². The van der Waals surface area contributed by atoms with Crippen LogP contribution in [0.25, 0.3) is 0 Å². The van der Waals surface area contributed by atoms with Crippen molar-refractivity contribution < 1.29 is 0 Å². The van der Waals surface area contributed by atoms with E-state index < -0.39 is 0 Å². The highest BCUT2D eigenvalue weighted by Gasteiger charge is 2.34. The summed E-state index contributed by atoms with van der Waals surface area (Å²) in [6.45, 7) is 0. The molecule has 3 rings (SSSR count). The Morgan fingerprint density at radius 3 is 2.73 bits per heavy atom. The maximum Gasteiger partial charge on any atom is 0.167 e. The van der Waals surface area contributed by atoms with Crippen LogP contribution in [0.2, 0.25) is 0 Å². The average molecular weight is 223 g/mol. The third-order valence-electron chi connectivity index (χ3n) is 3.48. The van der Waals surface area contributed by atoms with Crippen molar-refractivity contribution in [3.63, 3.8) is 0 Å². The van der Waals surface area contributed by atoms with Crippen LogP contribution < -0.4 is 5.32 Å². The number of piperidine rings is 1. The molecule has 0 spiro atoms. The maximum atomic E-state index is 4.39. The number of hydrogen-bond donors (Lipinski definition) is 1. The number of nitrogens with one attached hydrogen (secondary N) is 1. The van der Waals surface area contributed by atoms with E-state index in [4.69, 9.17) is 0 Å². The second kappa shape index (κ2) is 3.83. The molecule has 0 aliphatic carbocycles. The molecule has 0 amide bonds. The van der Waals surface area contributed by atoms with Gasteiger partial charge in [-0.15, -0.1) is 0 Å². The van der Waals surface area contributed by atoms with Crippen LogP contribution in [-0.2, 0) is 7.05 Å².